The molecule has 0 bridgehead atoms. The van der Waals surface area contributed by atoms with Gasteiger partial charge in [0, 0.05) is 0 Å². The molecule has 0 N–H and O–H groups in total. The highest BCUT2D eigenvalue weighted by Crippen LogP contribution is 2.12. The van der Waals surface area contributed by atoms with E-state index in [0.29, 0.717) is 0 Å². The van der Waals surface area contributed by atoms with Crippen LogP contribution >= 0.6 is 0 Å². The molecule has 0 aliphatic heterocycles. The lowest BCUT2D eigenvalue weighted by Gasteiger charge is -2.14. The van der Waals surface area contributed by atoms with Gasteiger partial charge in [-0.15, -0.1) is 0 Å². The fraction of sp³-hybridized carbons (Fsp3) is 1.00. The third-order valence-electron chi connectivity index (χ3n) is 5.45. The van der Waals surface area contributed by atoms with Gasteiger partial charge in [-0.05, 0) is 12.8 Å². The van der Waals surface area contributed by atoms with Crippen molar-refractivity contribution in [1.29, 1.82) is 0 Å². The molecular formula is C28H62NO4S+. The van der Waals surface area contributed by atoms with Crippen molar-refractivity contribution in [3.8, 4) is 0 Å². The Balaban J connectivity index is 0. The SMILES string of the molecule is CCCCCCCCCCCCOS(=O)(=O)OCCCCCCCCCCCC.C[N+](C)(C)C. The van der Waals surface area contributed by atoms with Gasteiger partial charge in [-0.25, -0.2) is 8.37 Å². The quantitative estimate of drug-likeness (QED) is 0.0969. The average molecular weight is 509 g/mol. The minimum atomic E-state index is -3.80. The molecule has 0 atom stereocenters. The maximum absolute atomic E-state index is 11.7. The van der Waals surface area contributed by atoms with Gasteiger partial charge in [0.25, 0.3) is 0 Å². The third kappa shape index (κ3) is 39.1. The Kier molecular flexibility index (Phi) is 27.4. The van der Waals surface area contributed by atoms with Crippen LogP contribution < -0.4 is 0 Å². The molecule has 0 aromatic rings. The van der Waals surface area contributed by atoms with Crippen LogP contribution in [0.15, 0.2) is 0 Å². The number of nitrogens with zero attached hydrogens (tertiary/aromatic N) is 1. The average Bonchev–Trinajstić information content (AvgIpc) is 2.74. The van der Waals surface area contributed by atoms with E-state index in [1.165, 1.54) is 89.9 Å². The summed E-state index contributed by atoms with van der Waals surface area (Å²) >= 11 is 0. The molecule has 0 aromatic heterocycles. The van der Waals surface area contributed by atoms with Crippen molar-refractivity contribution >= 4 is 10.4 Å². The van der Waals surface area contributed by atoms with E-state index in [-0.39, 0.29) is 13.2 Å². The summed E-state index contributed by atoms with van der Waals surface area (Å²) in [5.74, 6) is 0. The topological polar surface area (TPSA) is 52.6 Å². The van der Waals surface area contributed by atoms with Gasteiger partial charge in [-0.1, -0.05) is 129 Å². The smallest absolute Gasteiger partial charge is 0.333 e. The molecule has 0 fully saturated rings. The van der Waals surface area contributed by atoms with Crippen LogP contribution in [0.3, 0.4) is 0 Å². The van der Waals surface area contributed by atoms with Gasteiger partial charge in [0.1, 0.15) is 0 Å². The van der Waals surface area contributed by atoms with Crippen molar-refractivity contribution in [2.75, 3.05) is 41.4 Å². The van der Waals surface area contributed by atoms with Crippen molar-refractivity contribution in [3.05, 3.63) is 0 Å². The summed E-state index contributed by atoms with van der Waals surface area (Å²) in [5.41, 5.74) is 0. The highest BCUT2D eigenvalue weighted by molar-refractivity contribution is 7.81. The summed E-state index contributed by atoms with van der Waals surface area (Å²) in [6.07, 6.45) is 24.4. The van der Waals surface area contributed by atoms with Crippen molar-refractivity contribution in [2.45, 2.75) is 142 Å². The highest BCUT2D eigenvalue weighted by atomic mass is 32.3. The molecule has 0 unspecified atom stereocenters. The molecule has 0 radical (unpaired) electrons. The van der Waals surface area contributed by atoms with Crippen LogP contribution in [0.1, 0.15) is 142 Å². The van der Waals surface area contributed by atoms with Crippen molar-refractivity contribution in [1.82, 2.24) is 0 Å². The lowest BCUT2D eigenvalue weighted by atomic mass is 10.1. The molecule has 0 aliphatic rings. The van der Waals surface area contributed by atoms with Gasteiger partial charge in [0.15, 0.2) is 0 Å². The summed E-state index contributed by atoms with van der Waals surface area (Å²) in [7, 11) is 4.70. The summed E-state index contributed by atoms with van der Waals surface area (Å²) in [6.45, 7) is 4.98. The number of hydrogen-bond acceptors (Lipinski definition) is 4. The van der Waals surface area contributed by atoms with E-state index >= 15 is 0 Å². The van der Waals surface area contributed by atoms with Crippen molar-refractivity contribution in [2.24, 2.45) is 0 Å². The van der Waals surface area contributed by atoms with Gasteiger partial charge in [-0.2, -0.15) is 8.42 Å². The lowest BCUT2D eigenvalue weighted by Crippen LogP contribution is -2.27. The largest absolute Gasteiger partial charge is 0.399 e. The summed E-state index contributed by atoms with van der Waals surface area (Å²) in [4.78, 5) is 0. The second kappa shape index (κ2) is 25.9. The van der Waals surface area contributed by atoms with Crippen LogP contribution in [0.5, 0.6) is 0 Å². The first-order chi connectivity index (χ1) is 16.1. The van der Waals surface area contributed by atoms with E-state index < -0.39 is 10.4 Å². The van der Waals surface area contributed by atoms with Gasteiger partial charge in [0.2, 0.25) is 0 Å². The van der Waals surface area contributed by atoms with Crippen LogP contribution in [0.2, 0.25) is 0 Å². The standard InChI is InChI=1S/C24H50O4S.C4H12N/c1-3-5-7-9-11-13-15-17-19-21-23-27-29(25,26)28-24-22-20-18-16-14-12-10-8-6-4-2;1-5(2,3)4/h3-24H2,1-2H3;1-4H3/q;+1. The molecule has 208 valence electrons. The summed E-state index contributed by atoms with van der Waals surface area (Å²) in [6, 6.07) is 0. The van der Waals surface area contributed by atoms with Crippen molar-refractivity contribution < 1.29 is 21.3 Å². The van der Waals surface area contributed by atoms with Crippen molar-refractivity contribution in [3.63, 3.8) is 0 Å². The zero-order valence-electron chi connectivity index (χ0n) is 24.0. The predicted octanol–water partition coefficient (Wildman–Crippen LogP) is 8.43. The zero-order valence-corrected chi connectivity index (χ0v) is 24.9. The van der Waals surface area contributed by atoms with E-state index in [2.05, 4.69) is 42.0 Å². The predicted molar refractivity (Wildman–Crippen MR) is 148 cm³/mol. The van der Waals surface area contributed by atoms with Crippen LogP contribution in [0.4, 0.5) is 0 Å². The van der Waals surface area contributed by atoms with E-state index in [4.69, 9.17) is 8.37 Å². The molecule has 5 nitrogen and oxygen atoms in total. The van der Waals surface area contributed by atoms with E-state index in [1.807, 2.05) is 0 Å². The first-order valence-electron chi connectivity index (χ1n) is 14.4. The monoisotopic (exact) mass is 508 g/mol. The molecule has 0 aromatic carbocycles. The Bertz CT molecular complexity index is 451. The molecule has 0 rings (SSSR count). The number of hydrogen-bond donors (Lipinski definition) is 0. The summed E-state index contributed by atoms with van der Waals surface area (Å²) < 4.78 is 34.3. The normalized spacial score (nSPS) is 11.9. The van der Waals surface area contributed by atoms with Gasteiger partial charge in [0.05, 0.1) is 41.4 Å². The van der Waals surface area contributed by atoms with Crippen LogP contribution in [-0.2, 0) is 18.8 Å². The second-order valence-corrected chi connectivity index (χ2v) is 12.4. The second-order valence-electron chi connectivity index (χ2n) is 11.1. The molecular weight excluding hydrogens is 446 g/mol. The molecule has 0 aliphatic carbocycles. The number of rotatable bonds is 24. The molecule has 0 saturated carbocycles. The molecule has 0 heterocycles. The zero-order chi connectivity index (χ0) is 26.0. The highest BCUT2D eigenvalue weighted by Gasteiger charge is 2.11. The number of quaternary nitrogens is 1. The number of unbranched alkanes of at least 4 members (excludes halogenated alkanes) is 18. The lowest BCUT2D eigenvalue weighted by molar-refractivity contribution is -0.849. The first kappa shape index (κ1) is 36.0. The van der Waals surface area contributed by atoms with E-state index in [1.54, 1.807) is 0 Å². The Hall–Kier alpha value is -0.170. The molecule has 34 heavy (non-hydrogen) atoms. The maximum atomic E-state index is 11.7. The van der Waals surface area contributed by atoms with E-state index in [9.17, 15) is 8.42 Å². The summed E-state index contributed by atoms with van der Waals surface area (Å²) in [5, 5.41) is 0. The maximum Gasteiger partial charge on any atom is 0.399 e. The minimum Gasteiger partial charge on any atom is -0.333 e. The molecule has 0 spiro atoms. The minimum absolute atomic E-state index is 0.247. The third-order valence-corrected chi connectivity index (χ3v) is 6.36. The van der Waals surface area contributed by atoms with Gasteiger partial charge < -0.3 is 4.48 Å². The van der Waals surface area contributed by atoms with Gasteiger partial charge >= 0.3 is 10.4 Å². The first-order valence-corrected chi connectivity index (χ1v) is 15.8. The van der Waals surface area contributed by atoms with Gasteiger partial charge in [-0.3, -0.25) is 0 Å². The van der Waals surface area contributed by atoms with Crippen LogP contribution in [0, 0.1) is 0 Å². The van der Waals surface area contributed by atoms with Crippen LogP contribution in [-0.4, -0.2) is 54.3 Å². The molecule has 6 heteroatoms. The van der Waals surface area contributed by atoms with E-state index in [0.717, 1.165) is 43.0 Å². The molecule has 0 amide bonds. The Morgan fingerprint density at radius 3 is 0.882 bits per heavy atom. The van der Waals surface area contributed by atoms with Crippen LogP contribution in [0.25, 0.3) is 0 Å². The Morgan fingerprint density at radius 1 is 0.441 bits per heavy atom. The Morgan fingerprint density at radius 2 is 0.647 bits per heavy atom. The Labute approximate surface area is 215 Å². The fourth-order valence-electron chi connectivity index (χ4n) is 3.53. The molecule has 0 saturated heterocycles. The fourth-order valence-corrected chi connectivity index (χ4v) is 4.25.